The summed E-state index contributed by atoms with van der Waals surface area (Å²) in [4.78, 5) is 26.6. The molecule has 1 fully saturated rings. The van der Waals surface area contributed by atoms with Gasteiger partial charge in [0.25, 0.3) is 6.43 Å². The van der Waals surface area contributed by atoms with Crippen LogP contribution >= 0.6 is 0 Å². The number of pyridine rings is 1. The van der Waals surface area contributed by atoms with Gasteiger partial charge in [-0.2, -0.15) is 4.98 Å². The van der Waals surface area contributed by atoms with Crippen molar-refractivity contribution in [3.63, 3.8) is 0 Å². The number of hydrogen-bond acceptors (Lipinski definition) is 7. The zero-order valence-corrected chi connectivity index (χ0v) is 20.7. The van der Waals surface area contributed by atoms with Crippen molar-refractivity contribution in [2.75, 3.05) is 24.1 Å². The Bertz CT molecular complexity index is 1480. The number of rotatable bonds is 6. The number of nitrogens with one attached hydrogen (secondary N) is 1. The van der Waals surface area contributed by atoms with Crippen LogP contribution < -0.4 is 11.1 Å². The topological polar surface area (TPSA) is 119 Å². The molecule has 37 heavy (non-hydrogen) atoms. The third-order valence-electron chi connectivity index (χ3n) is 7.02. The summed E-state index contributed by atoms with van der Waals surface area (Å²) >= 11 is 0. The van der Waals surface area contributed by atoms with Gasteiger partial charge in [0.2, 0.25) is 11.9 Å². The number of anilines is 2. The molecule has 4 aromatic rings. The van der Waals surface area contributed by atoms with E-state index in [2.05, 4.69) is 25.4 Å². The maximum absolute atomic E-state index is 15.7. The number of hydrogen-bond donors (Lipinski definition) is 2. The molecule has 4 aromatic heterocycles. The molecule has 1 unspecified atom stereocenters. The van der Waals surface area contributed by atoms with Crippen LogP contribution in [0.15, 0.2) is 24.4 Å². The van der Waals surface area contributed by atoms with Gasteiger partial charge >= 0.3 is 0 Å². The van der Waals surface area contributed by atoms with Crippen LogP contribution in [0.5, 0.6) is 0 Å². The molecule has 0 radical (unpaired) electrons. The SMILES string of the molecule is CCC1(F)CN(C(C)=O)CC[C@H]1Nc1nc(N)c2c(-c3ccc4nc(C)n(CC(F)F)c4n3)ccn2n1. The van der Waals surface area contributed by atoms with Crippen molar-refractivity contribution in [1.29, 1.82) is 0 Å². The van der Waals surface area contributed by atoms with Gasteiger partial charge in [0.15, 0.2) is 11.5 Å². The van der Waals surface area contributed by atoms with Crippen molar-refractivity contribution in [1.82, 2.24) is 34.0 Å². The fourth-order valence-electron chi connectivity index (χ4n) is 4.98. The van der Waals surface area contributed by atoms with Crippen molar-refractivity contribution < 1.29 is 18.0 Å². The highest BCUT2D eigenvalue weighted by atomic mass is 19.3. The van der Waals surface area contributed by atoms with Gasteiger partial charge in [-0.05, 0) is 38.0 Å². The molecule has 0 spiro atoms. The van der Waals surface area contributed by atoms with Crippen molar-refractivity contribution >= 4 is 34.4 Å². The summed E-state index contributed by atoms with van der Waals surface area (Å²) in [5.74, 6) is 0.608. The monoisotopic (exact) mass is 515 g/mol. The van der Waals surface area contributed by atoms with E-state index in [9.17, 15) is 13.6 Å². The van der Waals surface area contributed by atoms with Gasteiger partial charge in [0, 0.05) is 25.2 Å². The highest BCUT2D eigenvalue weighted by molar-refractivity contribution is 5.88. The molecule has 13 heteroatoms. The number of nitrogens with two attached hydrogens (primary N) is 1. The molecule has 0 bridgehead atoms. The number of imidazole rings is 1. The number of halogens is 3. The van der Waals surface area contributed by atoms with E-state index in [1.54, 1.807) is 38.2 Å². The Morgan fingerprint density at radius 1 is 1.27 bits per heavy atom. The lowest BCUT2D eigenvalue weighted by molar-refractivity contribution is -0.133. The summed E-state index contributed by atoms with van der Waals surface area (Å²) in [6, 6.07) is 4.63. The quantitative estimate of drug-likeness (QED) is 0.404. The minimum Gasteiger partial charge on any atom is -0.382 e. The second-order valence-electron chi connectivity index (χ2n) is 9.36. The predicted octanol–water partition coefficient (Wildman–Crippen LogP) is 3.45. The first kappa shape index (κ1) is 24.8. The molecule has 196 valence electrons. The van der Waals surface area contributed by atoms with E-state index in [0.717, 1.165) is 0 Å². The summed E-state index contributed by atoms with van der Waals surface area (Å²) < 4.78 is 44.9. The third-order valence-corrected chi connectivity index (χ3v) is 7.02. The minimum absolute atomic E-state index is 0.00232. The number of amides is 1. The number of nitrogens with zero attached hydrogens (tertiary/aromatic N) is 7. The van der Waals surface area contributed by atoms with Crippen molar-refractivity contribution in [3.8, 4) is 11.3 Å². The zero-order chi connectivity index (χ0) is 26.5. The summed E-state index contributed by atoms with van der Waals surface area (Å²) in [6.07, 6.45) is -0.243. The van der Waals surface area contributed by atoms with Crippen LogP contribution in [0.25, 0.3) is 27.9 Å². The van der Waals surface area contributed by atoms with Crippen molar-refractivity contribution in [3.05, 3.63) is 30.2 Å². The number of nitrogen functional groups attached to an aromatic ring is 1. The molecule has 3 N–H and O–H groups in total. The number of likely N-dealkylation sites (tertiary alicyclic amines) is 1. The fourth-order valence-corrected chi connectivity index (χ4v) is 4.98. The van der Waals surface area contributed by atoms with Crippen molar-refractivity contribution in [2.45, 2.75) is 58.3 Å². The molecule has 1 amide bonds. The second kappa shape index (κ2) is 9.20. The molecule has 1 aliphatic rings. The lowest BCUT2D eigenvalue weighted by atomic mass is 9.86. The van der Waals surface area contributed by atoms with Gasteiger partial charge in [-0.15, -0.1) is 5.10 Å². The van der Waals surface area contributed by atoms with Crippen LogP contribution in [0.2, 0.25) is 0 Å². The van der Waals surface area contributed by atoms with E-state index >= 15 is 4.39 Å². The number of carbonyl (C=O) groups excluding carboxylic acids is 1. The van der Waals surface area contributed by atoms with E-state index in [4.69, 9.17) is 5.73 Å². The zero-order valence-electron chi connectivity index (χ0n) is 20.7. The first-order valence-corrected chi connectivity index (χ1v) is 12.1. The maximum Gasteiger partial charge on any atom is 0.256 e. The number of aryl methyl sites for hydroxylation is 1. The van der Waals surface area contributed by atoms with E-state index in [1.165, 1.54) is 20.9 Å². The van der Waals surface area contributed by atoms with Crippen LogP contribution in [-0.4, -0.2) is 71.2 Å². The molecule has 1 aliphatic heterocycles. The second-order valence-corrected chi connectivity index (χ2v) is 9.36. The largest absolute Gasteiger partial charge is 0.382 e. The number of aromatic nitrogens is 6. The van der Waals surface area contributed by atoms with Gasteiger partial charge in [-0.3, -0.25) is 4.79 Å². The number of fused-ring (bicyclic) bond motifs is 2. The summed E-state index contributed by atoms with van der Waals surface area (Å²) in [7, 11) is 0. The smallest absolute Gasteiger partial charge is 0.256 e. The fraction of sp³-hybridized carbons (Fsp3) is 0.458. The maximum atomic E-state index is 15.7. The molecular weight excluding hydrogens is 487 g/mol. The Hall–Kier alpha value is -3.90. The van der Waals surface area contributed by atoms with Gasteiger partial charge in [-0.25, -0.2) is 27.7 Å². The van der Waals surface area contributed by atoms with E-state index in [1.807, 2.05) is 0 Å². The van der Waals surface area contributed by atoms with Crippen LogP contribution in [0.4, 0.5) is 24.9 Å². The molecule has 0 aromatic carbocycles. The lowest BCUT2D eigenvalue weighted by Crippen LogP contribution is -2.57. The number of carbonyl (C=O) groups is 1. The van der Waals surface area contributed by atoms with Crippen LogP contribution in [0.3, 0.4) is 0 Å². The molecule has 5 heterocycles. The first-order chi connectivity index (χ1) is 17.6. The molecule has 5 rings (SSSR count). The lowest BCUT2D eigenvalue weighted by Gasteiger charge is -2.42. The van der Waals surface area contributed by atoms with Crippen LogP contribution in [0, 0.1) is 6.92 Å². The van der Waals surface area contributed by atoms with Gasteiger partial charge in [0.1, 0.15) is 22.5 Å². The summed E-state index contributed by atoms with van der Waals surface area (Å²) in [5.41, 5.74) is 7.16. The normalized spacial score (nSPS) is 20.3. The standard InChI is InChI=1S/C24H28F3N9O/c1-4-24(27)12-34(14(3)37)9-8-18(24)31-23-32-21(28)20-15(7-10-36(20)33-23)16-5-6-17-22(30-16)35(11-19(25)26)13(2)29-17/h5-7,10,18-19H,4,8-9,11-12H2,1-3H3,(H3,28,31,32,33)/t18-,24?/m1/s1. The molecule has 1 saturated heterocycles. The van der Waals surface area contributed by atoms with Crippen molar-refractivity contribution in [2.24, 2.45) is 0 Å². The molecule has 0 aliphatic carbocycles. The summed E-state index contributed by atoms with van der Waals surface area (Å²) in [6.45, 7) is 4.76. The highest BCUT2D eigenvalue weighted by Gasteiger charge is 2.44. The average Bonchev–Trinajstić information content (AvgIpc) is 3.41. The van der Waals surface area contributed by atoms with Gasteiger partial charge in [0.05, 0.1) is 24.8 Å². The average molecular weight is 516 g/mol. The molecule has 10 nitrogen and oxygen atoms in total. The third kappa shape index (κ3) is 4.42. The van der Waals surface area contributed by atoms with E-state index in [0.29, 0.717) is 46.7 Å². The van der Waals surface area contributed by atoms with Crippen LogP contribution in [-0.2, 0) is 11.3 Å². The molecular formula is C24H28F3N9O. The van der Waals surface area contributed by atoms with Gasteiger partial charge < -0.3 is 20.5 Å². The first-order valence-electron chi connectivity index (χ1n) is 12.1. The molecule has 2 atom stereocenters. The Balaban J connectivity index is 1.47. The molecule has 0 saturated carbocycles. The number of piperidine rings is 1. The number of alkyl halides is 3. The Morgan fingerprint density at radius 2 is 2.05 bits per heavy atom. The van der Waals surface area contributed by atoms with E-state index < -0.39 is 24.7 Å². The Kier molecular flexibility index (Phi) is 6.16. The Morgan fingerprint density at radius 3 is 2.76 bits per heavy atom. The predicted molar refractivity (Wildman–Crippen MR) is 133 cm³/mol. The minimum atomic E-state index is -2.54. The van der Waals surface area contributed by atoms with Crippen LogP contribution in [0.1, 0.15) is 32.5 Å². The Labute approximate surface area is 210 Å². The van der Waals surface area contributed by atoms with E-state index in [-0.39, 0.29) is 30.6 Å². The highest BCUT2D eigenvalue weighted by Crippen LogP contribution is 2.33. The van der Waals surface area contributed by atoms with Gasteiger partial charge in [-0.1, -0.05) is 6.92 Å². The summed E-state index contributed by atoms with van der Waals surface area (Å²) in [5, 5.41) is 7.56.